The summed E-state index contributed by atoms with van der Waals surface area (Å²) in [5.41, 5.74) is 0. The van der Waals surface area contributed by atoms with Gasteiger partial charge in [-0.05, 0) is 26.4 Å². The summed E-state index contributed by atoms with van der Waals surface area (Å²) >= 11 is 0. The molecule has 0 bridgehead atoms. The van der Waals surface area contributed by atoms with Crippen molar-refractivity contribution in [2.45, 2.75) is 26.7 Å². The number of unbranched alkanes of at least 4 members (excludes halogenated alkanes) is 1. The van der Waals surface area contributed by atoms with E-state index in [1.807, 2.05) is 20.9 Å². The maximum atomic E-state index is 8.89. The predicted octanol–water partition coefficient (Wildman–Crippen LogP) is 1.90. The van der Waals surface area contributed by atoms with Crippen LogP contribution in [0.4, 0.5) is 0 Å². The normalized spacial score (nSPS) is 11.8. The van der Waals surface area contributed by atoms with Crippen molar-refractivity contribution in [2.24, 2.45) is 0 Å². The minimum absolute atomic E-state index is 0.667. The number of hydrogen-bond donors (Lipinski definition) is 4. The molecule has 0 radical (unpaired) electrons. The molecule has 0 aliphatic rings. The molecule has 0 unspecified atom stereocenters. The number of nitrogens with one attached hydrogen (secondary N) is 2. The zero-order valence-corrected chi connectivity index (χ0v) is 9.95. The highest BCUT2D eigenvalue weighted by Crippen LogP contribution is 2.26. The Bertz CT molecular complexity index is 96.6. The molecule has 0 rings (SSSR count). The third-order valence-corrected chi connectivity index (χ3v) is 1.98. The topological polar surface area (TPSA) is 64.5 Å². The van der Waals surface area contributed by atoms with Crippen molar-refractivity contribution in [2.75, 3.05) is 26.4 Å². The Morgan fingerprint density at radius 3 is 1.92 bits per heavy atom. The quantitative estimate of drug-likeness (QED) is 0.508. The van der Waals surface area contributed by atoms with Crippen LogP contribution in [-0.2, 0) is 0 Å². The molecule has 0 aromatic carbocycles. The van der Waals surface area contributed by atoms with Gasteiger partial charge in [-0.2, -0.15) is 0 Å². The molecule has 0 spiro atoms. The third kappa shape index (κ3) is 18.9. The van der Waals surface area contributed by atoms with E-state index in [0.717, 1.165) is 19.4 Å². The van der Waals surface area contributed by atoms with Crippen molar-refractivity contribution >= 4 is 10.8 Å². The van der Waals surface area contributed by atoms with E-state index in [0.29, 0.717) is 6.54 Å². The lowest BCUT2D eigenvalue weighted by Crippen LogP contribution is -2.20. The minimum atomic E-state index is -2.48. The summed E-state index contributed by atoms with van der Waals surface area (Å²) in [6, 6.07) is 0. The maximum Gasteiger partial charge on any atom is 0.0416 e. The molecule has 4 N–H and O–H groups in total. The van der Waals surface area contributed by atoms with Crippen LogP contribution in [0.5, 0.6) is 0 Å². The Kier molecular flexibility index (Phi) is 12.4. The first kappa shape index (κ1) is 15.7. The fourth-order valence-corrected chi connectivity index (χ4v) is 1.22. The summed E-state index contributed by atoms with van der Waals surface area (Å²) in [4.78, 5) is 0. The van der Waals surface area contributed by atoms with Crippen LogP contribution in [0.25, 0.3) is 0 Å². The maximum absolute atomic E-state index is 8.89. The van der Waals surface area contributed by atoms with Crippen molar-refractivity contribution in [1.29, 1.82) is 0 Å². The number of hydrogen-bond acceptors (Lipinski definition) is 4. The van der Waals surface area contributed by atoms with Crippen molar-refractivity contribution in [1.82, 2.24) is 10.0 Å². The fourth-order valence-electron chi connectivity index (χ4n) is 0.692. The van der Waals surface area contributed by atoms with Gasteiger partial charge in [0.1, 0.15) is 0 Å². The van der Waals surface area contributed by atoms with E-state index >= 15 is 0 Å². The average molecular weight is 212 g/mol. The van der Waals surface area contributed by atoms with E-state index in [4.69, 9.17) is 9.11 Å². The molecule has 0 atom stereocenters. The lowest BCUT2D eigenvalue weighted by molar-refractivity contribution is 0.475. The molecule has 0 saturated carbocycles. The highest BCUT2D eigenvalue weighted by molar-refractivity contribution is 8.22. The monoisotopic (exact) mass is 212 g/mol. The summed E-state index contributed by atoms with van der Waals surface area (Å²) in [6.07, 6.45) is 3.41. The van der Waals surface area contributed by atoms with Crippen LogP contribution >= 0.6 is 10.8 Å². The van der Waals surface area contributed by atoms with Crippen molar-refractivity contribution in [3.05, 3.63) is 0 Å². The van der Waals surface area contributed by atoms with E-state index in [9.17, 15) is 0 Å². The lowest BCUT2D eigenvalue weighted by Gasteiger charge is -2.27. The zero-order valence-electron chi connectivity index (χ0n) is 9.13. The summed E-state index contributed by atoms with van der Waals surface area (Å²) in [7, 11) is -0.578. The van der Waals surface area contributed by atoms with Gasteiger partial charge in [-0.25, -0.2) is 4.72 Å². The summed E-state index contributed by atoms with van der Waals surface area (Å²) < 4.78 is 20.4. The smallest absolute Gasteiger partial charge is 0.0416 e. The lowest BCUT2D eigenvalue weighted by atomic mass is 10.3. The Morgan fingerprint density at radius 2 is 1.54 bits per heavy atom. The van der Waals surface area contributed by atoms with Gasteiger partial charge in [-0.3, -0.25) is 9.11 Å². The molecule has 0 heterocycles. The molecule has 0 aromatic heterocycles. The van der Waals surface area contributed by atoms with Gasteiger partial charge in [0.05, 0.1) is 0 Å². The first-order valence-corrected chi connectivity index (χ1v) is 6.64. The van der Waals surface area contributed by atoms with Crippen molar-refractivity contribution in [3.63, 3.8) is 0 Å². The molecule has 0 amide bonds. The Hall–Kier alpha value is 0.190. The highest BCUT2D eigenvalue weighted by Gasteiger charge is 1.99. The van der Waals surface area contributed by atoms with Gasteiger partial charge in [0, 0.05) is 12.8 Å². The van der Waals surface area contributed by atoms with Crippen LogP contribution in [0, 0.1) is 0 Å². The summed E-state index contributed by atoms with van der Waals surface area (Å²) in [5.74, 6) is 0. The van der Waals surface area contributed by atoms with Gasteiger partial charge in [0.25, 0.3) is 0 Å². The largest absolute Gasteiger partial charge is 0.320 e. The Labute approximate surface area is 83.6 Å². The van der Waals surface area contributed by atoms with Crippen LogP contribution in [0.15, 0.2) is 0 Å². The van der Waals surface area contributed by atoms with E-state index < -0.39 is 10.8 Å². The molecule has 13 heavy (non-hydrogen) atoms. The second-order valence-corrected chi connectivity index (χ2v) is 4.49. The van der Waals surface area contributed by atoms with E-state index in [2.05, 4.69) is 10.0 Å². The van der Waals surface area contributed by atoms with Gasteiger partial charge in [-0.1, -0.05) is 13.8 Å². The molecule has 5 heteroatoms. The molecule has 0 saturated heterocycles. The van der Waals surface area contributed by atoms with Crippen LogP contribution in [0.2, 0.25) is 0 Å². The molecule has 0 aliphatic heterocycles. The molecular weight excluding hydrogens is 188 g/mol. The SMILES string of the molecule is CC.CNCCCCNS(C)(O)O. The highest BCUT2D eigenvalue weighted by atomic mass is 32.3. The van der Waals surface area contributed by atoms with E-state index in [-0.39, 0.29) is 0 Å². The van der Waals surface area contributed by atoms with Crippen LogP contribution in [0.3, 0.4) is 0 Å². The third-order valence-electron chi connectivity index (χ3n) is 1.23. The Morgan fingerprint density at radius 1 is 1.08 bits per heavy atom. The van der Waals surface area contributed by atoms with Crippen LogP contribution in [0.1, 0.15) is 26.7 Å². The molecule has 0 aromatic rings. The van der Waals surface area contributed by atoms with Gasteiger partial charge in [0.15, 0.2) is 0 Å². The fraction of sp³-hybridized carbons (Fsp3) is 1.00. The standard InChI is InChI=1S/C6H18N2O2S.C2H6/c1-7-5-3-4-6-8-11(2,9)10;1-2/h7-10H,3-6H2,1-2H3;1-2H3. The molecule has 84 valence electrons. The molecule has 4 nitrogen and oxygen atoms in total. The molecule has 0 aliphatic carbocycles. The van der Waals surface area contributed by atoms with E-state index in [1.165, 1.54) is 6.26 Å². The predicted molar refractivity (Wildman–Crippen MR) is 61.3 cm³/mol. The van der Waals surface area contributed by atoms with Gasteiger partial charge in [0.2, 0.25) is 0 Å². The van der Waals surface area contributed by atoms with Crippen LogP contribution < -0.4 is 10.0 Å². The van der Waals surface area contributed by atoms with Crippen molar-refractivity contribution < 1.29 is 9.11 Å². The van der Waals surface area contributed by atoms with Crippen molar-refractivity contribution in [3.8, 4) is 0 Å². The first-order valence-electron chi connectivity index (χ1n) is 4.68. The zero-order chi connectivity index (χ0) is 10.7. The van der Waals surface area contributed by atoms with E-state index in [1.54, 1.807) is 0 Å². The van der Waals surface area contributed by atoms with Gasteiger partial charge >= 0.3 is 0 Å². The molecular formula is C8H24N2O2S. The molecule has 0 fully saturated rings. The summed E-state index contributed by atoms with van der Waals surface area (Å²) in [5, 5.41) is 3.02. The van der Waals surface area contributed by atoms with Gasteiger partial charge in [-0.15, -0.1) is 10.8 Å². The van der Waals surface area contributed by atoms with Gasteiger partial charge < -0.3 is 5.32 Å². The second kappa shape index (κ2) is 10.3. The summed E-state index contributed by atoms with van der Waals surface area (Å²) in [6.45, 7) is 5.64. The minimum Gasteiger partial charge on any atom is -0.320 e. The second-order valence-electron chi connectivity index (χ2n) is 2.54. The van der Waals surface area contributed by atoms with Crippen LogP contribution in [-0.4, -0.2) is 35.5 Å². The average Bonchev–Trinajstić information content (AvgIpc) is 2.06. The Balaban J connectivity index is 0. The number of rotatable bonds is 6. The first-order chi connectivity index (χ1) is 6.06.